The monoisotopic (exact) mass is 362 g/mol. The number of benzene rings is 2. The molecule has 2 aromatic rings. The van der Waals surface area contributed by atoms with E-state index in [1.54, 1.807) is 23.1 Å². The lowest BCUT2D eigenvalue weighted by Crippen LogP contribution is -2.32. The molecule has 0 bridgehead atoms. The standard InChI is InChI=1S/C16H12BrClN2O/c17-15-11-12(18)7-8-14(15)16(21)20(10-4-9-19)13-5-2-1-3-6-13/h1-3,5-8,11H,4,10H2. The normalized spacial score (nSPS) is 9.95. The van der Waals surface area contributed by atoms with Gasteiger partial charge in [0.1, 0.15) is 0 Å². The maximum atomic E-state index is 12.7. The molecular weight excluding hydrogens is 352 g/mol. The molecule has 2 aromatic carbocycles. The van der Waals surface area contributed by atoms with Crippen LogP contribution in [0.3, 0.4) is 0 Å². The quantitative estimate of drug-likeness (QED) is 0.792. The van der Waals surface area contributed by atoms with E-state index in [1.165, 1.54) is 0 Å². The highest BCUT2D eigenvalue weighted by molar-refractivity contribution is 9.10. The molecule has 0 atom stereocenters. The van der Waals surface area contributed by atoms with Crippen molar-refractivity contribution >= 4 is 39.1 Å². The molecule has 0 unspecified atom stereocenters. The highest BCUT2D eigenvalue weighted by Gasteiger charge is 2.19. The number of carbonyl (C=O) groups is 1. The minimum atomic E-state index is -0.167. The number of anilines is 1. The van der Waals surface area contributed by atoms with Crippen molar-refractivity contribution in [1.29, 1.82) is 5.26 Å². The Bertz CT molecular complexity index is 682. The molecule has 0 aliphatic carbocycles. The van der Waals surface area contributed by atoms with E-state index in [2.05, 4.69) is 22.0 Å². The van der Waals surface area contributed by atoms with Gasteiger partial charge in [-0.3, -0.25) is 4.79 Å². The van der Waals surface area contributed by atoms with E-state index in [-0.39, 0.29) is 12.3 Å². The zero-order valence-corrected chi connectivity index (χ0v) is 13.4. The van der Waals surface area contributed by atoms with Crippen LogP contribution < -0.4 is 4.90 Å². The van der Waals surface area contributed by atoms with Crippen molar-refractivity contribution in [3.63, 3.8) is 0 Å². The molecule has 0 aliphatic rings. The first kappa shape index (κ1) is 15.6. The van der Waals surface area contributed by atoms with Crippen molar-refractivity contribution in [2.45, 2.75) is 6.42 Å². The summed E-state index contributed by atoms with van der Waals surface area (Å²) in [7, 11) is 0. The number of carbonyl (C=O) groups excluding carboxylic acids is 1. The van der Waals surface area contributed by atoms with Crippen molar-refractivity contribution in [2.75, 3.05) is 11.4 Å². The van der Waals surface area contributed by atoms with Gasteiger partial charge in [-0.25, -0.2) is 0 Å². The first-order chi connectivity index (χ1) is 10.1. The lowest BCUT2D eigenvalue weighted by molar-refractivity contribution is 0.0987. The molecule has 0 saturated heterocycles. The van der Waals surface area contributed by atoms with Crippen LogP contribution in [0, 0.1) is 11.3 Å². The maximum absolute atomic E-state index is 12.7. The zero-order chi connectivity index (χ0) is 15.2. The molecule has 21 heavy (non-hydrogen) atoms. The number of amides is 1. The second kappa shape index (κ2) is 7.26. The molecule has 3 nitrogen and oxygen atoms in total. The Balaban J connectivity index is 2.37. The van der Waals surface area contributed by atoms with Gasteiger partial charge in [0.25, 0.3) is 5.91 Å². The average Bonchev–Trinajstić information content (AvgIpc) is 2.48. The highest BCUT2D eigenvalue weighted by atomic mass is 79.9. The summed E-state index contributed by atoms with van der Waals surface area (Å²) < 4.78 is 0.637. The zero-order valence-electron chi connectivity index (χ0n) is 11.1. The molecule has 0 aliphatic heterocycles. The van der Waals surface area contributed by atoms with Gasteiger partial charge in [0.05, 0.1) is 18.1 Å². The fraction of sp³-hybridized carbons (Fsp3) is 0.125. The molecule has 0 saturated carbocycles. The molecule has 2 rings (SSSR count). The molecule has 5 heteroatoms. The number of nitriles is 1. The van der Waals surface area contributed by atoms with Crippen LogP contribution in [0.15, 0.2) is 53.0 Å². The summed E-state index contributed by atoms with van der Waals surface area (Å²) in [5.74, 6) is -0.167. The second-order valence-electron chi connectivity index (χ2n) is 4.32. The van der Waals surface area contributed by atoms with E-state index in [1.807, 2.05) is 30.3 Å². The van der Waals surface area contributed by atoms with E-state index in [0.717, 1.165) is 5.69 Å². The van der Waals surface area contributed by atoms with Crippen LogP contribution in [-0.4, -0.2) is 12.5 Å². The third-order valence-electron chi connectivity index (χ3n) is 2.92. The van der Waals surface area contributed by atoms with Gasteiger partial charge in [-0.2, -0.15) is 5.26 Å². The summed E-state index contributed by atoms with van der Waals surface area (Å²) in [4.78, 5) is 14.3. The first-order valence-corrected chi connectivity index (χ1v) is 7.49. The van der Waals surface area contributed by atoms with Crippen LogP contribution in [0.4, 0.5) is 5.69 Å². The van der Waals surface area contributed by atoms with Crippen molar-refractivity contribution in [1.82, 2.24) is 0 Å². The molecule has 0 N–H and O–H groups in total. The molecule has 1 amide bonds. The maximum Gasteiger partial charge on any atom is 0.259 e. The van der Waals surface area contributed by atoms with Gasteiger partial charge in [-0.1, -0.05) is 29.8 Å². The minimum Gasteiger partial charge on any atom is -0.307 e. The number of rotatable bonds is 4. The third kappa shape index (κ3) is 3.84. The van der Waals surface area contributed by atoms with Gasteiger partial charge in [0, 0.05) is 21.7 Å². The van der Waals surface area contributed by atoms with Gasteiger partial charge in [0.2, 0.25) is 0 Å². The number of nitrogens with zero attached hydrogens (tertiary/aromatic N) is 2. The minimum absolute atomic E-state index is 0.167. The van der Waals surface area contributed by atoms with Crippen LogP contribution in [0.5, 0.6) is 0 Å². The van der Waals surface area contributed by atoms with Crippen molar-refractivity contribution in [3.8, 4) is 6.07 Å². The van der Waals surface area contributed by atoms with E-state index in [0.29, 0.717) is 21.6 Å². The highest BCUT2D eigenvalue weighted by Crippen LogP contribution is 2.25. The number of para-hydroxylation sites is 1. The van der Waals surface area contributed by atoms with Gasteiger partial charge in [-0.15, -0.1) is 0 Å². The van der Waals surface area contributed by atoms with Crippen molar-refractivity contribution in [3.05, 3.63) is 63.6 Å². The summed E-state index contributed by atoms with van der Waals surface area (Å²) in [5.41, 5.74) is 1.28. The molecule has 106 valence electrons. The first-order valence-electron chi connectivity index (χ1n) is 6.32. The number of hydrogen-bond donors (Lipinski definition) is 0. The third-order valence-corrected chi connectivity index (χ3v) is 3.81. The Morgan fingerprint density at radius 3 is 2.57 bits per heavy atom. The van der Waals surface area contributed by atoms with Crippen LogP contribution in [-0.2, 0) is 0 Å². The largest absolute Gasteiger partial charge is 0.307 e. The van der Waals surface area contributed by atoms with Gasteiger partial charge < -0.3 is 4.90 Å². The van der Waals surface area contributed by atoms with E-state index in [4.69, 9.17) is 16.9 Å². The smallest absolute Gasteiger partial charge is 0.259 e. The van der Waals surface area contributed by atoms with Crippen LogP contribution in [0.25, 0.3) is 0 Å². The van der Waals surface area contributed by atoms with Gasteiger partial charge in [0.15, 0.2) is 0 Å². The van der Waals surface area contributed by atoms with Crippen LogP contribution >= 0.6 is 27.5 Å². The topological polar surface area (TPSA) is 44.1 Å². The van der Waals surface area contributed by atoms with Crippen molar-refractivity contribution < 1.29 is 4.79 Å². The number of halogens is 2. The van der Waals surface area contributed by atoms with Crippen LogP contribution in [0.2, 0.25) is 5.02 Å². The predicted molar refractivity (Wildman–Crippen MR) is 87.5 cm³/mol. The fourth-order valence-corrected chi connectivity index (χ4v) is 2.78. The molecule has 0 aromatic heterocycles. The lowest BCUT2D eigenvalue weighted by atomic mass is 10.1. The van der Waals surface area contributed by atoms with Gasteiger partial charge >= 0.3 is 0 Å². The number of hydrogen-bond acceptors (Lipinski definition) is 2. The summed E-state index contributed by atoms with van der Waals surface area (Å²) in [6, 6.07) is 16.4. The Labute approximate surface area is 136 Å². The van der Waals surface area contributed by atoms with Gasteiger partial charge in [-0.05, 0) is 46.3 Å². The molecule has 0 radical (unpaired) electrons. The summed E-state index contributed by atoms with van der Waals surface area (Å²) in [6.45, 7) is 0.342. The van der Waals surface area contributed by atoms with E-state index in [9.17, 15) is 4.79 Å². The predicted octanol–water partition coefficient (Wildman–Crippen LogP) is 4.66. The summed E-state index contributed by atoms with van der Waals surface area (Å²) >= 11 is 9.26. The summed E-state index contributed by atoms with van der Waals surface area (Å²) in [5, 5.41) is 9.35. The molecule has 0 fully saturated rings. The molecule has 0 spiro atoms. The fourth-order valence-electron chi connectivity index (χ4n) is 1.93. The van der Waals surface area contributed by atoms with E-state index < -0.39 is 0 Å². The SMILES string of the molecule is N#CCCN(C(=O)c1ccc(Cl)cc1Br)c1ccccc1. The molecular formula is C16H12BrClN2O. The Kier molecular flexibility index (Phi) is 5.38. The van der Waals surface area contributed by atoms with Crippen molar-refractivity contribution in [2.24, 2.45) is 0 Å². The second-order valence-corrected chi connectivity index (χ2v) is 5.62. The van der Waals surface area contributed by atoms with Crippen LogP contribution in [0.1, 0.15) is 16.8 Å². The lowest BCUT2D eigenvalue weighted by Gasteiger charge is -2.22. The summed E-state index contributed by atoms with van der Waals surface area (Å²) in [6.07, 6.45) is 0.270. The Morgan fingerprint density at radius 1 is 1.24 bits per heavy atom. The Hall–Kier alpha value is -1.83. The van der Waals surface area contributed by atoms with E-state index >= 15 is 0 Å². The average molecular weight is 364 g/mol. The Morgan fingerprint density at radius 2 is 1.95 bits per heavy atom. The molecule has 0 heterocycles.